The fraction of sp³-hybridized carbons (Fsp3) is 0.583. The Bertz CT molecular complexity index is 397. The highest BCUT2D eigenvalue weighted by atomic mass is 79.9. The zero-order valence-electron chi connectivity index (χ0n) is 9.87. The number of pyridine rings is 1. The third kappa shape index (κ3) is 3.28. The summed E-state index contributed by atoms with van der Waals surface area (Å²) < 4.78 is 2.07. The van der Waals surface area contributed by atoms with E-state index in [9.17, 15) is 0 Å². The largest absolute Gasteiger partial charge is 0.330 e. The van der Waals surface area contributed by atoms with Gasteiger partial charge in [0.25, 0.3) is 0 Å². The van der Waals surface area contributed by atoms with E-state index in [1.54, 1.807) is 0 Å². The van der Waals surface area contributed by atoms with E-state index >= 15 is 0 Å². The Hall–Kier alpha value is 0.0300. The predicted octanol–water partition coefficient (Wildman–Crippen LogP) is 2.78. The molecule has 2 rings (SSSR count). The quantitative estimate of drug-likeness (QED) is 0.898. The van der Waals surface area contributed by atoms with Crippen molar-refractivity contribution in [1.82, 2.24) is 9.88 Å². The molecule has 17 heavy (non-hydrogen) atoms. The summed E-state index contributed by atoms with van der Waals surface area (Å²) in [6.45, 7) is 5.03. The summed E-state index contributed by atoms with van der Waals surface area (Å²) in [6.07, 6.45) is 3.05. The summed E-state index contributed by atoms with van der Waals surface area (Å²) >= 11 is 6.98. The minimum atomic E-state index is 0.598. The van der Waals surface area contributed by atoms with E-state index in [-0.39, 0.29) is 0 Å². The molecule has 0 radical (unpaired) electrons. The van der Waals surface area contributed by atoms with Crippen LogP contribution in [0.5, 0.6) is 0 Å². The Balaban J connectivity index is 2.06. The Morgan fingerprint density at radius 1 is 1.53 bits per heavy atom. The van der Waals surface area contributed by atoms with Crippen molar-refractivity contribution in [3.8, 4) is 0 Å². The number of halogens is 2. The summed E-state index contributed by atoms with van der Waals surface area (Å²) in [5, 5.41) is 0. The van der Waals surface area contributed by atoms with Crippen molar-refractivity contribution >= 4 is 31.9 Å². The van der Waals surface area contributed by atoms with Crippen LogP contribution in [0.25, 0.3) is 0 Å². The molecule has 0 aliphatic carbocycles. The third-order valence-corrected chi connectivity index (χ3v) is 4.48. The Labute approximate surface area is 119 Å². The molecule has 1 aromatic heterocycles. The first kappa shape index (κ1) is 13.5. The summed E-state index contributed by atoms with van der Waals surface area (Å²) in [6, 6.07) is 2.64. The van der Waals surface area contributed by atoms with E-state index in [4.69, 9.17) is 5.73 Å². The number of hydrogen-bond acceptors (Lipinski definition) is 3. The van der Waals surface area contributed by atoms with E-state index in [2.05, 4.69) is 48.7 Å². The summed E-state index contributed by atoms with van der Waals surface area (Å²) in [5.41, 5.74) is 6.84. The van der Waals surface area contributed by atoms with Crippen LogP contribution < -0.4 is 5.73 Å². The van der Waals surface area contributed by atoms with Gasteiger partial charge in [0.1, 0.15) is 0 Å². The van der Waals surface area contributed by atoms with Gasteiger partial charge >= 0.3 is 0 Å². The van der Waals surface area contributed by atoms with Gasteiger partial charge in [0.05, 0.1) is 5.69 Å². The van der Waals surface area contributed by atoms with Gasteiger partial charge in [-0.3, -0.25) is 9.88 Å². The highest BCUT2D eigenvalue weighted by Crippen LogP contribution is 2.26. The molecule has 0 saturated carbocycles. The molecule has 5 heteroatoms. The Morgan fingerprint density at radius 2 is 2.29 bits per heavy atom. The molecule has 1 fully saturated rings. The van der Waals surface area contributed by atoms with Gasteiger partial charge < -0.3 is 5.73 Å². The second-order valence-corrected chi connectivity index (χ2v) is 6.47. The second kappa shape index (κ2) is 5.78. The SMILES string of the molecule is CC1CC(CN)CN1Cc1ncc(Br)cc1Br. The maximum absolute atomic E-state index is 5.74. The van der Waals surface area contributed by atoms with Crippen LogP contribution in [0.3, 0.4) is 0 Å². The van der Waals surface area contributed by atoms with E-state index in [0.29, 0.717) is 12.0 Å². The Morgan fingerprint density at radius 3 is 2.88 bits per heavy atom. The van der Waals surface area contributed by atoms with Gasteiger partial charge in [-0.25, -0.2) is 0 Å². The predicted molar refractivity (Wildman–Crippen MR) is 76.7 cm³/mol. The smallest absolute Gasteiger partial charge is 0.0686 e. The lowest BCUT2D eigenvalue weighted by molar-refractivity contribution is 0.252. The lowest BCUT2D eigenvalue weighted by Crippen LogP contribution is -2.28. The van der Waals surface area contributed by atoms with Crippen molar-refractivity contribution < 1.29 is 0 Å². The van der Waals surface area contributed by atoms with Crippen LogP contribution in [0.15, 0.2) is 21.2 Å². The molecule has 2 atom stereocenters. The lowest BCUT2D eigenvalue weighted by atomic mass is 10.1. The summed E-state index contributed by atoms with van der Waals surface area (Å²) in [4.78, 5) is 6.92. The maximum Gasteiger partial charge on any atom is 0.0686 e. The third-order valence-electron chi connectivity index (χ3n) is 3.36. The van der Waals surface area contributed by atoms with Crippen LogP contribution in [0, 0.1) is 5.92 Å². The molecule has 94 valence electrons. The molecule has 2 heterocycles. The first-order valence-corrected chi connectivity index (χ1v) is 7.42. The zero-order valence-corrected chi connectivity index (χ0v) is 13.0. The van der Waals surface area contributed by atoms with Crippen molar-refractivity contribution in [1.29, 1.82) is 0 Å². The molecule has 0 amide bonds. The minimum absolute atomic E-state index is 0.598. The Kier molecular flexibility index (Phi) is 4.58. The molecule has 0 bridgehead atoms. The number of rotatable bonds is 3. The van der Waals surface area contributed by atoms with E-state index in [0.717, 1.165) is 34.3 Å². The van der Waals surface area contributed by atoms with Crippen molar-refractivity contribution in [2.75, 3.05) is 13.1 Å². The minimum Gasteiger partial charge on any atom is -0.330 e. The topological polar surface area (TPSA) is 42.1 Å². The molecule has 1 aliphatic heterocycles. The monoisotopic (exact) mass is 361 g/mol. The molecule has 1 aliphatic rings. The standard InChI is InChI=1S/C12H17Br2N3/c1-8-2-9(4-15)6-17(8)7-12-11(14)3-10(13)5-16-12/h3,5,8-9H,2,4,6-7,15H2,1H3. The fourth-order valence-electron chi connectivity index (χ4n) is 2.36. The van der Waals surface area contributed by atoms with Crippen molar-refractivity contribution in [3.63, 3.8) is 0 Å². The van der Waals surface area contributed by atoms with Gasteiger partial charge in [-0.15, -0.1) is 0 Å². The van der Waals surface area contributed by atoms with Crippen molar-refractivity contribution in [3.05, 3.63) is 26.9 Å². The van der Waals surface area contributed by atoms with Crippen LogP contribution >= 0.6 is 31.9 Å². The molecule has 3 nitrogen and oxygen atoms in total. The molecule has 1 saturated heterocycles. The lowest BCUT2D eigenvalue weighted by Gasteiger charge is -2.21. The zero-order chi connectivity index (χ0) is 12.4. The average molecular weight is 363 g/mol. The van der Waals surface area contributed by atoms with Gasteiger partial charge in [0.2, 0.25) is 0 Å². The van der Waals surface area contributed by atoms with Gasteiger partial charge in [0.15, 0.2) is 0 Å². The number of hydrogen-bond donors (Lipinski definition) is 1. The second-order valence-electron chi connectivity index (χ2n) is 4.70. The van der Waals surface area contributed by atoms with Gasteiger partial charge in [0, 0.05) is 34.3 Å². The number of nitrogens with two attached hydrogens (primary N) is 1. The maximum atomic E-state index is 5.74. The number of aromatic nitrogens is 1. The van der Waals surface area contributed by atoms with Gasteiger partial charge in [-0.2, -0.15) is 0 Å². The van der Waals surface area contributed by atoms with E-state index < -0.39 is 0 Å². The van der Waals surface area contributed by atoms with Crippen LogP contribution in [0.1, 0.15) is 19.0 Å². The first-order valence-electron chi connectivity index (χ1n) is 5.84. The van der Waals surface area contributed by atoms with Crippen LogP contribution in [0.4, 0.5) is 0 Å². The molecule has 2 unspecified atom stereocenters. The van der Waals surface area contributed by atoms with Crippen LogP contribution in [-0.2, 0) is 6.54 Å². The summed E-state index contributed by atoms with van der Waals surface area (Å²) in [7, 11) is 0. The highest BCUT2D eigenvalue weighted by molar-refractivity contribution is 9.11. The van der Waals surface area contributed by atoms with Gasteiger partial charge in [-0.05, 0) is 63.7 Å². The van der Waals surface area contributed by atoms with Crippen LogP contribution in [-0.4, -0.2) is 29.0 Å². The number of nitrogens with zero attached hydrogens (tertiary/aromatic N) is 2. The molecular weight excluding hydrogens is 346 g/mol. The molecule has 0 aromatic carbocycles. The van der Waals surface area contributed by atoms with Crippen molar-refractivity contribution in [2.24, 2.45) is 11.7 Å². The highest BCUT2D eigenvalue weighted by Gasteiger charge is 2.28. The molecular formula is C12H17Br2N3. The first-order chi connectivity index (χ1) is 8.10. The van der Waals surface area contributed by atoms with E-state index in [1.807, 2.05) is 12.3 Å². The van der Waals surface area contributed by atoms with Gasteiger partial charge in [-0.1, -0.05) is 0 Å². The van der Waals surface area contributed by atoms with Crippen molar-refractivity contribution in [2.45, 2.75) is 25.9 Å². The fourth-order valence-corrected chi connectivity index (χ4v) is 3.47. The molecule has 2 N–H and O–H groups in total. The van der Waals surface area contributed by atoms with Crippen LogP contribution in [0.2, 0.25) is 0 Å². The summed E-state index contributed by atoms with van der Waals surface area (Å²) in [5.74, 6) is 0.638. The average Bonchev–Trinajstić information content (AvgIpc) is 2.64. The molecule has 0 spiro atoms. The van der Waals surface area contributed by atoms with E-state index in [1.165, 1.54) is 6.42 Å². The molecule has 1 aromatic rings. The number of likely N-dealkylation sites (tertiary alicyclic amines) is 1. The normalized spacial score (nSPS) is 25.4.